The molecule has 2 rings (SSSR count). The lowest BCUT2D eigenvalue weighted by Gasteiger charge is -2.08. The second-order valence-electron chi connectivity index (χ2n) is 6.05. The van der Waals surface area contributed by atoms with Crippen molar-refractivity contribution < 1.29 is 4.79 Å². The summed E-state index contributed by atoms with van der Waals surface area (Å²) in [6.45, 7) is 2.02. The highest BCUT2D eigenvalue weighted by atomic mass is 16.2. The minimum absolute atomic E-state index is 0.226. The molecule has 7 nitrogen and oxygen atoms in total. The molecule has 2 aromatic heterocycles. The summed E-state index contributed by atoms with van der Waals surface area (Å²) in [7, 11) is 3.38. The first-order valence-electron chi connectivity index (χ1n) is 8.03. The number of fused-ring (bicyclic) bond motifs is 1. The Morgan fingerprint density at radius 3 is 2.43 bits per heavy atom. The Bertz CT molecular complexity index is 813. The van der Waals surface area contributed by atoms with Crippen LogP contribution in [0.1, 0.15) is 45.4 Å². The fourth-order valence-corrected chi connectivity index (χ4v) is 2.77. The number of nitrogens with zero attached hydrogens (tertiary/aromatic N) is 4. The highest BCUT2D eigenvalue weighted by Gasteiger charge is 2.14. The van der Waals surface area contributed by atoms with Gasteiger partial charge in [0.2, 0.25) is 0 Å². The van der Waals surface area contributed by atoms with Crippen molar-refractivity contribution in [1.82, 2.24) is 18.7 Å². The van der Waals surface area contributed by atoms with Gasteiger partial charge in [0.15, 0.2) is 11.2 Å². The molecule has 0 fully saturated rings. The Hall–Kier alpha value is -2.18. The summed E-state index contributed by atoms with van der Waals surface area (Å²) < 4.78 is 4.36. The zero-order valence-electron chi connectivity index (χ0n) is 14.0. The van der Waals surface area contributed by atoms with E-state index < -0.39 is 0 Å². The molecule has 0 unspecified atom stereocenters. The van der Waals surface area contributed by atoms with Gasteiger partial charge >= 0.3 is 5.69 Å². The van der Waals surface area contributed by atoms with Gasteiger partial charge in [-0.15, -0.1) is 0 Å². The third-order valence-corrected chi connectivity index (χ3v) is 4.11. The van der Waals surface area contributed by atoms with Gasteiger partial charge in [0.1, 0.15) is 5.78 Å². The molecule has 2 heterocycles. The Labute approximate surface area is 134 Å². The molecule has 0 N–H and O–H groups in total. The lowest BCUT2D eigenvalue weighted by atomic mass is 10.1. The van der Waals surface area contributed by atoms with E-state index in [1.54, 1.807) is 31.9 Å². The molecular formula is C16H24N4O3. The van der Waals surface area contributed by atoms with Crippen LogP contribution in [0.5, 0.6) is 0 Å². The van der Waals surface area contributed by atoms with Gasteiger partial charge in [-0.05, 0) is 19.8 Å². The van der Waals surface area contributed by atoms with Gasteiger partial charge in [-0.2, -0.15) is 0 Å². The number of carbonyl (C=O) groups excluding carboxylic acids is 1. The van der Waals surface area contributed by atoms with Gasteiger partial charge in [-0.1, -0.05) is 19.3 Å². The van der Waals surface area contributed by atoms with E-state index in [0.29, 0.717) is 24.1 Å². The number of hydrogen-bond donors (Lipinski definition) is 0. The molecule has 0 spiro atoms. The summed E-state index contributed by atoms with van der Waals surface area (Å²) in [5.74, 6) is 0.226. The van der Waals surface area contributed by atoms with E-state index in [9.17, 15) is 14.4 Å². The second kappa shape index (κ2) is 7.39. The van der Waals surface area contributed by atoms with Gasteiger partial charge in [-0.3, -0.25) is 13.9 Å². The number of aryl methyl sites for hydroxylation is 2. The molecule has 0 bridgehead atoms. The van der Waals surface area contributed by atoms with Crippen LogP contribution in [0.4, 0.5) is 0 Å². The van der Waals surface area contributed by atoms with Crippen molar-refractivity contribution in [2.75, 3.05) is 0 Å². The van der Waals surface area contributed by atoms with E-state index >= 15 is 0 Å². The zero-order chi connectivity index (χ0) is 17.0. The number of imidazole rings is 1. The molecule has 0 amide bonds. The zero-order valence-corrected chi connectivity index (χ0v) is 14.0. The van der Waals surface area contributed by atoms with Gasteiger partial charge < -0.3 is 9.36 Å². The Kier molecular flexibility index (Phi) is 5.52. The van der Waals surface area contributed by atoms with Crippen molar-refractivity contribution in [3.8, 4) is 0 Å². The highest BCUT2D eigenvalue weighted by Crippen LogP contribution is 2.07. The van der Waals surface area contributed by atoms with E-state index in [0.717, 1.165) is 32.1 Å². The normalized spacial score (nSPS) is 11.3. The number of aromatic nitrogens is 4. The molecule has 0 aliphatic rings. The first kappa shape index (κ1) is 17.2. The third-order valence-electron chi connectivity index (χ3n) is 4.11. The molecule has 0 saturated heterocycles. The molecule has 7 heteroatoms. The van der Waals surface area contributed by atoms with E-state index in [-0.39, 0.29) is 17.0 Å². The van der Waals surface area contributed by atoms with Crippen molar-refractivity contribution in [2.45, 2.75) is 52.0 Å². The minimum Gasteiger partial charge on any atom is -0.328 e. The van der Waals surface area contributed by atoms with Crippen LogP contribution < -0.4 is 11.2 Å². The maximum Gasteiger partial charge on any atom is 0.332 e. The van der Waals surface area contributed by atoms with Crippen molar-refractivity contribution in [3.05, 3.63) is 27.2 Å². The van der Waals surface area contributed by atoms with Gasteiger partial charge in [0, 0.05) is 27.1 Å². The summed E-state index contributed by atoms with van der Waals surface area (Å²) in [5, 5.41) is 0. The van der Waals surface area contributed by atoms with Crippen molar-refractivity contribution in [2.24, 2.45) is 14.1 Å². The van der Waals surface area contributed by atoms with Gasteiger partial charge in [0.05, 0.1) is 6.33 Å². The van der Waals surface area contributed by atoms with Gasteiger partial charge in [-0.25, -0.2) is 9.78 Å². The standard InChI is InChI=1S/C16H24N4O3/c1-12(21)9-7-5-4-6-8-10-20-15(22)13-14(17-11-18(13)2)19(3)16(20)23/h11H,4-10H2,1-3H3. The van der Waals surface area contributed by atoms with E-state index in [2.05, 4.69) is 4.98 Å². The lowest BCUT2D eigenvalue weighted by Crippen LogP contribution is -2.39. The average molecular weight is 320 g/mol. The van der Waals surface area contributed by atoms with E-state index in [4.69, 9.17) is 0 Å². The summed E-state index contributed by atoms with van der Waals surface area (Å²) in [6, 6.07) is 0. The molecule has 0 saturated carbocycles. The van der Waals surface area contributed by atoms with Crippen LogP contribution in [0.2, 0.25) is 0 Å². The number of unbranched alkanes of at least 4 members (excludes halogenated alkanes) is 4. The second-order valence-corrected chi connectivity index (χ2v) is 6.05. The number of ketones is 1. The molecule has 0 aliphatic carbocycles. The van der Waals surface area contributed by atoms with E-state index in [1.165, 1.54) is 9.13 Å². The van der Waals surface area contributed by atoms with Crippen LogP contribution in [0.3, 0.4) is 0 Å². The fraction of sp³-hybridized carbons (Fsp3) is 0.625. The Morgan fingerprint density at radius 2 is 1.74 bits per heavy atom. The number of carbonyl (C=O) groups is 1. The molecule has 2 aromatic rings. The fourth-order valence-electron chi connectivity index (χ4n) is 2.77. The molecule has 23 heavy (non-hydrogen) atoms. The molecule has 126 valence electrons. The monoisotopic (exact) mass is 320 g/mol. The predicted molar refractivity (Wildman–Crippen MR) is 88.6 cm³/mol. The smallest absolute Gasteiger partial charge is 0.328 e. The van der Waals surface area contributed by atoms with Crippen LogP contribution in [-0.2, 0) is 25.4 Å². The summed E-state index contributed by atoms with van der Waals surface area (Å²) in [6.07, 6.45) is 6.83. The molecule has 0 radical (unpaired) electrons. The lowest BCUT2D eigenvalue weighted by molar-refractivity contribution is -0.117. The SMILES string of the molecule is CC(=O)CCCCCCCn1c(=O)c2c(ncn2C)n(C)c1=O. The van der Waals surface area contributed by atoms with E-state index in [1.807, 2.05) is 0 Å². The van der Waals surface area contributed by atoms with Crippen LogP contribution in [0, 0.1) is 0 Å². The van der Waals surface area contributed by atoms with Crippen LogP contribution >= 0.6 is 0 Å². The van der Waals surface area contributed by atoms with Crippen LogP contribution in [-0.4, -0.2) is 24.5 Å². The Balaban J connectivity index is 2.01. The topological polar surface area (TPSA) is 78.9 Å². The number of rotatable bonds is 8. The van der Waals surface area contributed by atoms with Crippen molar-refractivity contribution in [3.63, 3.8) is 0 Å². The highest BCUT2D eigenvalue weighted by molar-refractivity contribution is 5.75. The largest absolute Gasteiger partial charge is 0.332 e. The molecule has 0 aromatic carbocycles. The molecular weight excluding hydrogens is 296 g/mol. The minimum atomic E-state index is -0.322. The Morgan fingerprint density at radius 1 is 1.09 bits per heavy atom. The van der Waals surface area contributed by atoms with Crippen LogP contribution in [0.15, 0.2) is 15.9 Å². The third kappa shape index (κ3) is 3.78. The predicted octanol–water partition coefficient (Wildman–Crippen LogP) is 1.36. The molecule has 0 atom stereocenters. The summed E-state index contributed by atoms with van der Waals surface area (Å²) in [4.78, 5) is 39.7. The van der Waals surface area contributed by atoms with Crippen molar-refractivity contribution >= 4 is 16.9 Å². The van der Waals surface area contributed by atoms with Gasteiger partial charge in [0.25, 0.3) is 5.56 Å². The average Bonchev–Trinajstić information content (AvgIpc) is 2.89. The summed E-state index contributed by atoms with van der Waals surface area (Å²) >= 11 is 0. The maximum atomic E-state index is 12.5. The maximum absolute atomic E-state index is 12.5. The quantitative estimate of drug-likeness (QED) is 0.688. The van der Waals surface area contributed by atoms with Crippen molar-refractivity contribution in [1.29, 1.82) is 0 Å². The summed E-state index contributed by atoms with van der Waals surface area (Å²) in [5.41, 5.74) is 0.272. The van der Waals surface area contributed by atoms with Crippen LogP contribution in [0.25, 0.3) is 11.2 Å². The first-order chi connectivity index (χ1) is 10.9. The number of Topliss-reactive ketones (excluding diaryl/α,β-unsaturated/α-hetero) is 1. The number of hydrogen-bond acceptors (Lipinski definition) is 4. The first-order valence-corrected chi connectivity index (χ1v) is 8.03. The molecule has 0 aliphatic heterocycles.